The fourth-order valence-corrected chi connectivity index (χ4v) is 2.19. The molecule has 5 nitrogen and oxygen atoms in total. The smallest absolute Gasteiger partial charge is 0.328 e. The van der Waals surface area contributed by atoms with Crippen molar-refractivity contribution >= 4 is 11.9 Å². The minimum atomic E-state index is -0.474. The van der Waals surface area contributed by atoms with Crippen molar-refractivity contribution in [3.8, 4) is 0 Å². The van der Waals surface area contributed by atoms with E-state index in [1.165, 1.54) is 7.11 Å². The van der Waals surface area contributed by atoms with E-state index < -0.39 is 6.04 Å². The summed E-state index contributed by atoms with van der Waals surface area (Å²) in [6, 6.07) is 4.70. The summed E-state index contributed by atoms with van der Waals surface area (Å²) in [5.41, 5.74) is 0.369. The number of likely N-dealkylation sites (tertiary alicyclic amines) is 1. The number of aromatic nitrogens is 1. The topological polar surface area (TPSA) is 59.5 Å². The number of carbonyl (C=O) groups excluding carboxylic acids is 2. The Bertz CT molecular complexity index is 433. The van der Waals surface area contributed by atoms with Gasteiger partial charge in [0.1, 0.15) is 11.7 Å². The van der Waals surface area contributed by atoms with Crippen molar-refractivity contribution in [3.05, 3.63) is 30.1 Å². The lowest BCUT2D eigenvalue weighted by atomic mass is 10.0. The molecule has 1 saturated heterocycles. The van der Waals surface area contributed by atoms with E-state index in [1.807, 2.05) is 0 Å². The van der Waals surface area contributed by atoms with Gasteiger partial charge >= 0.3 is 5.97 Å². The zero-order valence-corrected chi connectivity index (χ0v) is 10.3. The summed E-state index contributed by atoms with van der Waals surface area (Å²) < 4.78 is 4.75. The lowest BCUT2D eigenvalue weighted by molar-refractivity contribution is -0.147. The van der Waals surface area contributed by atoms with E-state index >= 15 is 0 Å². The summed E-state index contributed by atoms with van der Waals surface area (Å²) in [6.07, 6.45) is 4.08. The highest BCUT2D eigenvalue weighted by Gasteiger charge is 2.33. The second-order valence-electron chi connectivity index (χ2n) is 4.25. The molecular formula is C13H16N2O3. The molecule has 18 heavy (non-hydrogen) atoms. The lowest BCUT2D eigenvalue weighted by Crippen LogP contribution is -2.48. The van der Waals surface area contributed by atoms with Crippen LogP contribution in [0.2, 0.25) is 0 Å². The highest BCUT2D eigenvalue weighted by atomic mass is 16.5. The second-order valence-corrected chi connectivity index (χ2v) is 4.25. The van der Waals surface area contributed by atoms with E-state index in [0.29, 0.717) is 18.7 Å². The van der Waals surface area contributed by atoms with E-state index in [-0.39, 0.29) is 11.9 Å². The Morgan fingerprint density at radius 3 is 2.89 bits per heavy atom. The molecule has 96 valence electrons. The fraction of sp³-hybridized carbons (Fsp3) is 0.462. The van der Waals surface area contributed by atoms with Gasteiger partial charge in [0.15, 0.2) is 0 Å². The van der Waals surface area contributed by atoms with Crippen molar-refractivity contribution in [2.45, 2.75) is 25.3 Å². The monoisotopic (exact) mass is 248 g/mol. The van der Waals surface area contributed by atoms with Gasteiger partial charge in [-0.15, -0.1) is 0 Å². The van der Waals surface area contributed by atoms with Crippen LogP contribution in [0.3, 0.4) is 0 Å². The standard InChI is InChI=1S/C13H16N2O3/c1-18-13(17)11-7-3-5-9-15(11)12(16)10-6-2-4-8-14-10/h2,4,6,8,11H,3,5,7,9H2,1H3. The summed E-state index contributed by atoms with van der Waals surface area (Å²) in [5.74, 6) is -0.551. The van der Waals surface area contributed by atoms with Crippen LogP contribution in [0.25, 0.3) is 0 Å². The Morgan fingerprint density at radius 1 is 1.39 bits per heavy atom. The average Bonchev–Trinajstić information content (AvgIpc) is 2.46. The number of ether oxygens (including phenoxy) is 1. The molecule has 0 N–H and O–H groups in total. The van der Waals surface area contributed by atoms with Crippen molar-refractivity contribution in [1.29, 1.82) is 0 Å². The third-order valence-corrected chi connectivity index (χ3v) is 3.12. The lowest BCUT2D eigenvalue weighted by Gasteiger charge is -2.33. The number of piperidine rings is 1. The molecular weight excluding hydrogens is 232 g/mol. The van der Waals surface area contributed by atoms with Crippen LogP contribution in [0.15, 0.2) is 24.4 Å². The molecule has 0 aliphatic carbocycles. The molecule has 2 heterocycles. The van der Waals surface area contributed by atoms with Crippen molar-refractivity contribution in [2.24, 2.45) is 0 Å². The number of hydrogen-bond donors (Lipinski definition) is 0. The molecule has 2 rings (SSSR count). The fourth-order valence-electron chi connectivity index (χ4n) is 2.19. The third-order valence-electron chi connectivity index (χ3n) is 3.12. The molecule has 1 amide bonds. The summed E-state index contributed by atoms with van der Waals surface area (Å²) in [4.78, 5) is 29.6. The van der Waals surface area contributed by atoms with Crippen LogP contribution in [0.5, 0.6) is 0 Å². The van der Waals surface area contributed by atoms with Gasteiger partial charge in [-0.3, -0.25) is 9.78 Å². The van der Waals surface area contributed by atoms with Crippen LogP contribution in [0, 0.1) is 0 Å². The van der Waals surface area contributed by atoms with Crippen LogP contribution in [0.4, 0.5) is 0 Å². The third kappa shape index (κ3) is 2.50. The van der Waals surface area contributed by atoms with Crippen molar-refractivity contribution < 1.29 is 14.3 Å². The first kappa shape index (κ1) is 12.5. The molecule has 0 spiro atoms. The maximum atomic E-state index is 12.3. The summed E-state index contributed by atoms with van der Waals surface area (Å²) in [7, 11) is 1.35. The van der Waals surface area contributed by atoms with Gasteiger partial charge in [0.25, 0.3) is 5.91 Å². The van der Waals surface area contributed by atoms with Gasteiger partial charge in [0.2, 0.25) is 0 Å². The number of pyridine rings is 1. The first-order valence-electron chi connectivity index (χ1n) is 6.04. The molecule has 0 aromatic carbocycles. The second kappa shape index (κ2) is 5.62. The maximum Gasteiger partial charge on any atom is 0.328 e. The highest BCUT2D eigenvalue weighted by molar-refractivity contribution is 5.95. The quantitative estimate of drug-likeness (QED) is 0.739. The number of methoxy groups -OCH3 is 1. The van der Waals surface area contributed by atoms with Gasteiger partial charge < -0.3 is 9.64 Å². The molecule has 0 saturated carbocycles. The van der Waals surface area contributed by atoms with Crippen LogP contribution >= 0.6 is 0 Å². The van der Waals surface area contributed by atoms with Crippen LogP contribution < -0.4 is 0 Å². The molecule has 1 aliphatic rings. The van der Waals surface area contributed by atoms with Gasteiger partial charge in [-0.1, -0.05) is 6.07 Å². The molecule has 1 atom stereocenters. The first-order chi connectivity index (χ1) is 8.74. The minimum Gasteiger partial charge on any atom is -0.467 e. The average molecular weight is 248 g/mol. The minimum absolute atomic E-state index is 0.203. The number of carbonyl (C=O) groups is 2. The van der Waals surface area contributed by atoms with Crippen LogP contribution in [0.1, 0.15) is 29.8 Å². The van der Waals surface area contributed by atoms with Gasteiger partial charge in [0, 0.05) is 12.7 Å². The number of hydrogen-bond acceptors (Lipinski definition) is 4. The first-order valence-corrected chi connectivity index (χ1v) is 6.04. The Kier molecular flexibility index (Phi) is 3.92. The molecule has 1 aromatic rings. The molecule has 1 aromatic heterocycles. The predicted molar refractivity (Wildman–Crippen MR) is 64.9 cm³/mol. The van der Waals surface area contributed by atoms with E-state index in [0.717, 1.165) is 12.8 Å². The largest absolute Gasteiger partial charge is 0.467 e. The van der Waals surface area contributed by atoms with E-state index in [1.54, 1.807) is 29.3 Å². The highest BCUT2D eigenvalue weighted by Crippen LogP contribution is 2.20. The van der Waals surface area contributed by atoms with E-state index in [2.05, 4.69) is 4.98 Å². The molecule has 1 aliphatic heterocycles. The predicted octanol–water partition coefficient (Wildman–Crippen LogP) is 1.25. The summed E-state index contributed by atoms with van der Waals surface area (Å²) in [6.45, 7) is 0.579. The van der Waals surface area contributed by atoms with Gasteiger partial charge in [-0.25, -0.2) is 4.79 Å². The molecule has 1 fully saturated rings. The van der Waals surface area contributed by atoms with E-state index in [4.69, 9.17) is 4.74 Å². The zero-order valence-electron chi connectivity index (χ0n) is 10.3. The number of amides is 1. The van der Waals surface area contributed by atoms with Crippen LogP contribution in [-0.4, -0.2) is 41.5 Å². The Balaban J connectivity index is 2.19. The van der Waals surface area contributed by atoms with Crippen molar-refractivity contribution in [2.75, 3.05) is 13.7 Å². The number of nitrogens with zero attached hydrogens (tertiary/aromatic N) is 2. The number of rotatable bonds is 2. The molecule has 5 heteroatoms. The SMILES string of the molecule is COC(=O)C1CCCCN1C(=O)c1ccccn1. The van der Waals surface area contributed by atoms with E-state index in [9.17, 15) is 9.59 Å². The normalized spacial score (nSPS) is 19.4. The Morgan fingerprint density at radius 2 is 2.22 bits per heavy atom. The molecule has 1 unspecified atom stereocenters. The van der Waals surface area contributed by atoms with Gasteiger partial charge in [-0.2, -0.15) is 0 Å². The maximum absolute atomic E-state index is 12.3. The van der Waals surface area contributed by atoms with Crippen molar-refractivity contribution in [1.82, 2.24) is 9.88 Å². The molecule has 0 bridgehead atoms. The number of esters is 1. The van der Waals surface area contributed by atoms with Crippen LogP contribution in [-0.2, 0) is 9.53 Å². The van der Waals surface area contributed by atoms with Gasteiger partial charge in [0.05, 0.1) is 7.11 Å². The summed E-state index contributed by atoms with van der Waals surface area (Å²) in [5, 5.41) is 0. The Hall–Kier alpha value is -1.91. The van der Waals surface area contributed by atoms with Gasteiger partial charge in [-0.05, 0) is 31.4 Å². The summed E-state index contributed by atoms with van der Waals surface area (Å²) >= 11 is 0. The molecule has 0 radical (unpaired) electrons. The Labute approximate surface area is 106 Å². The van der Waals surface area contributed by atoms with Crippen molar-refractivity contribution in [3.63, 3.8) is 0 Å². The zero-order chi connectivity index (χ0) is 13.0.